The van der Waals surface area contributed by atoms with Crippen molar-refractivity contribution in [2.45, 2.75) is 0 Å². The molecular weight excluding hydrogens is 727 g/mol. The van der Waals surface area contributed by atoms with E-state index in [1.54, 1.807) is 0 Å². The van der Waals surface area contributed by atoms with Crippen molar-refractivity contribution in [2.24, 2.45) is 0 Å². The van der Waals surface area contributed by atoms with Crippen LogP contribution in [0.4, 0.5) is 17.1 Å². The molecule has 0 spiro atoms. The fourth-order valence-electron chi connectivity index (χ4n) is 8.84. The van der Waals surface area contributed by atoms with Gasteiger partial charge in [-0.25, -0.2) is 0 Å². The minimum absolute atomic E-state index is 0.859. The van der Waals surface area contributed by atoms with Crippen LogP contribution >= 0.6 is 0 Å². The molecule has 0 aliphatic carbocycles. The molecule has 0 amide bonds. The van der Waals surface area contributed by atoms with Crippen molar-refractivity contribution in [1.29, 1.82) is 0 Å². The Morgan fingerprint density at radius 2 is 0.767 bits per heavy atom. The largest absolute Gasteiger partial charge is 0.454 e. The summed E-state index contributed by atoms with van der Waals surface area (Å²) in [7, 11) is 0. The smallest absolute Gasteiger partial charge is 0.159 e. The van der Waals surface area contributed by atoms with E-state index in [2.05, 4.69) is 229 Å². The van der Waals surface area contributed by atoms with Gasteiger partial charge in [0.2, 0.25) is 0 Å². The van der Waals surface area contributed by atoms with Crippen LogP contribution in [-0.4, -0.2) is 0 Å². The number of hydrogen-bond donors (Lipinski definition) is 0. The van der Waals surface area contributed by atoms with Gasteiger partial charge in [0.15, 0.2) is 5.58 Å². The summed E-state index contributed by atoms with van der Waals surface area (Å²) in [6.07, 6.45) is 0. The summed E-state index contributed by atoms with van der Waals surface area (Å²) < 4.78 is 6.65. The minimum atomic E-state index is 0.859. The molecule has 2 heteroatoms. The Morgan fingerprint density at radius 3 is 1.45 bits per heavy atom. The Morgan fingerprint density at radius 1 is 0.300 bits per heavy atom. The zero-order valence-electron chi connectivity index (χ0n) is 32.9. The van der Waals surface area contributed by atoms with E-state index in [-0.39, 0.29) is 0 Å². The Kier molecular flexibility index (Phi) is 8.87. The number of benzene rings is 10. The van der Waals surface area contributed by atoms with Gasteiger partial charge in [0.25, 0.3) is 0 Å². The number of rotatable bonds is 8. The molecule has 2 nitrogen and oxygen atoms in total. The third kappa shape index (κ3) is 6.32. The second-order valence-electron chi connectivity index (χ2n) is 15.2. The molecule has 0 aliphatic rings. The average molecular weight is 766 g/mol. The van der Waals surface area contributed by atoms with E-state index in [0.29, 0.717) is 0 Å². The number of nitrogens with zero attached hydrogens (tertiary/aromatic N) is 1. The molecule has 0 fully saturated rings. The van der Waals surface area contributed by atoms with Crippen molar-refractivity contribution in [2.75, 3.05) is 4.90 Å². The zero-order valence-corrected chi connectivity index (χ0v) is 32.9. The maximum absolute atomic E-state index is 6.65. The number of furan rings is 1. The highest BCUT2D eigenvalue weighted by molar-refractivity contribution is 6.10. The van der Waals surface area contributed by atoms with E-state index >= 15 is 0 Å². The average Bonchev–Trinajstić information content (AvgIpc) is 3.72. The van der Waals surface area contributed by atoms with Gasteiger partial charge < -0.3 is 9.32 Å². The molecule has 11 rings (SSSR count). The molecule has 0 saturated heterocycles. The lowest BCUT2D eigenvalue weighted by atomic mass is 9.91. The van der Waals surface area contributed by atoms with Gasteiger partial charge in [-0.1, -0.05) is 194 Å². The maximum Gasteiger partial charge on any atom is 0.159 e. The van der Waals surface area contributed by atoms with Gasteiger partial charge in [0, 0.05) is 22.1 Å². The van der Waals surface area contributed by atoms with E-state index in [4.69, 9.17) is 4.42 Å². The highest BCUT2D eigenvalue weighted by atomic mass is 16.3. The van der Waals surface area contributed by atoms with Crippen LogP contribution < -0.4 is 4.90 Å². The Balaban J connectivity index is 1.01. The maximum atomic E-state index is 6.65. The van der Waals surface area contributed by atoms with Crippen molar-refractivity contribution in [3.05, 3.63) is 237 Å². The molecule has 10 aromatic carbocycles. The molecule has 1 aromatic heterocycles. The van der Waals surface area contributed by atoms with Crippen LogP contribution in [0.3, 0.4) is 0 Å². The van der Waals surface area contributed by atoms with Gasteiger partial charge in [-0.15, -0.1) is 0 Å². The van der Waals surface area contributed by atoms with Gasteiger partial charge >= 0.3 is 0 Å². The van der Waals surface area contributed by atoms with Crippen LogP contribution in [0.1, 0.15) is 0 Å². The second-order valence-corrected chi connectivity index (χ2v) is 15.2. The lowest BCUT2D eigenvalue weighted by Crippen LogP contribution is -2.10. The van der Waals surface area contributed by atoms with E-state index in [9.17, 15) is 0 Å². The van der Waals surface area contributed by atoms with Crippen LogP contribution in [0.5, 0.6) is 0 Å². The first-order valence-electron chi connectivity index (χ1n) is 20.5. The Labute approximate surface area is 349 Å². The van der Waals surface area contributed by atoms with Crippen LogP contribution in [0.25, 0.3) is 88.3 Å². The van der Waals surface area contributed by atoms with E-state index in [0.717, 1.165) is 44.6 Å². The molecular formula is C58H39NO. The Hall–Kier alpha value is -7.94. The van der Waals surface area contributed by atoms with Crippen LogP contribution in [0.2, 0.25) is 0 Å². The van der Waals surface area contributed by atoms with Crippen LogP contribution in [-0.2, 0) is 0 Å². The standard InChI is InChI=1S/C58H39NO/c1-3-15-41(16-4-1)49-23-7-8-24-50(49)46-22-11-21-45(39-46)40-31-35-47(36-32-40)59(55-29-14-28-54-53-25-9-10-30-56(53)60-58(54)55)48-37-33-43(34-38-48)52-27-13-20-44-19-12-26-51(57(44)52)42-17-5-2-6-18-42/h1-39H. The lowest BCUT2D eigenvalue weighted by molar-refractivity contribution is 0.669. The summed E-state index contributed by atoms with van der Waals surface area (Å²) in [5, 5.41) is 4.69. The SMILES string of the molecule is c1ccc(-c2ccccc2-c2cccc(-c3ccc(N(c4ccc(-c5cccc6cccc(-c7ccccc7)c56)cc4)c4cccc5c4oc4ccccc45)cc3)c2)cc1. The first kappa shape index (κ1) is 35.2. The van der Waals surface area contributed by atoms with Gasteiger partial charge in [0.1, 0.15) is 5.58 Å². The van der Waals surface area contributed by atoms with Crippen molar-refractivity contribution >= 4 is 49.8 Å². The van der Waals surface area contributed by atoms with Gasteiger partial charge in [-0.05, 0) is 109 Å². The van der Waals surface area contributed by atoms with Crippen LogP contribution in [0.15, 0.2) is 241 Å². The fraction of sp³-hybridized carbons (Fsp3) is 0. The first-order valence-corrected chi connectivity index (χ1v) is 20.5. The Bertz CT molecular complexity index is 3290. The summed E-state index contributed by atoms with van der Waals surface area (Å²) in [5.41, 5.74) is 16.8. The van der Waals surface area contributed by atoms with E-state index in [1.807, 2.05) is 12.1 Å². The molecule has 0 atom stereocenters. The highest BCUT2D eigenvalue weighted by Gasteiger charge is 2.20. The monoisotopic (exact) mass is 765 g/mol. The highest BCUT2D eigenvalue weighted by Crippen LogP contribution is 2.44. The zero-order chi connectivity index (χ0) is 39.8. The van der Waals surface area contributed by atoms with Crippen molar-refractivity contribution in [1.82, 2.24) is 0 Å². The van der Waals surface area contributed by atoms with Gasteiger partial charge in [-0.2, -0.15) is 0 Å². The molecule has 282 valence electrons. The second kappa shape index (κ2) is 15.1. The van der Waals surface area contributed by atoms with Crippen molar-refractivity contribution < 1.29 is 4.42 Å². The summed E-state index contributed by atoms with van der Waals surface area (Å²) in [6, 6.07) is 84.7. The normalized spacial score (nSPS) is 11.3. The molecule has 11 aromatic rings. The minimum Gasteiger partial charge on any atom is -0.454 e. The fourth-order valence-corrected chi connectivity index (χ4v) is 8.84. The summed E-state index contributed by atoms with van der Waals surface area (Å²) in [4.78, 5) is 2.32. The molecule has 0 unspecified atom stereocenters. The third-order valence-corrected chi connectivity index (χ3v) is 11.7. The molecule has 0 saturated carbocycles. The molecule has 0 bridgehead atoms. The summed E-state index contributed by atoms with van der Waals surface area (Å²) >= 11 is 0. The molecule has 0 N–H and O–H groups in total. The predicted molar refractivity (Wildman–Crippen MR) is 253 cm³/mol. The quantitative estimate of drug-likeness (QED) is 0.153. The predicted octanol–water partition coefficient (Wildman–Crippen LogP) is 16.5. The third-order valence-electron chi connectivity index (χ3n) is 11.7. The summed E-state index contributed by atoms with van der Waals surface area (Å²) in [5.74, 6) is 0. The molecule has 0 radical (unpaired) electrons. The van der Waals surface area contributed by atoms with E-state index in [1.165, 1.54) is 60.8 Å². The van der Waals surface area contributed by atoms with Gasteiger partial charge in [0.05, 0.1) is 5.69 Å². The van der Waals surface area contributed by atoms with E-state index < -0.39 is 0 Å². The summed E-state index contributed by atoms with van der Waals surface area (Å²) in [6.45, 7) is 0. The molecule has 0 aliphatic heterocycles. The lowest BCUT2D eigenvalue weighted by Gasteiger charge is -2.26. The molecule has 1 heterocycles. The van der Waals surface area contributed by atoms with Gasteiger partial charge in [-0.3, -0.25) is 0 Å². The number of fused-ring (bicyclic) bond motifs is 4. The van der Waals surface area contributed by atoms with Crippen molar-refractivity contribution in [3.8, 4) is 55.6 Å². The topological polar surface area (TPSA) is 16.4 Å². The number of hydrogen-bond acceptors (Lipinski definition) is 2. The van der Waals surface area contributed by atoms with Crippen LogP contribution in [0, 0.1) is 0 Å². The number of para-hydroxylation sites is 2. The number of anilines is 3. The first-order chi connectivity index (χ1) is 29.8. The van der Waals surface area contributed by atoms with Crippen molar-refractivity contribution in [3.63, 3.8) is 0 Å². The molecule has 60 heavy (non-hydrogen) atoms.